The first-order valence-electron chi connectivity index (χ1n) is 7.69. The number of rotatable bonds is 4. The molecule has 2 amide bonds. The second kappa shape index (κ2) is 6.66. The van der Waals surface area contributed by atoms with E-state index >= 15 is 0 Å². The van der Waals surface area contributed by atoms with E-state index < -0.39 is 5.54 Å². The highest BCUT2D eigenvalue weighted by Gasteiger charge is 2.23. The van der Waals surface area contributed by atoms with Gasteiger partial charge in [0.1, 0.15) is 0 Å². The van der Waals surface area contributed by atoms with Gasteiger partial charge in [-0.3, -0.25) is 0 Å². The molecule has 0 unspecified atom stereocenters. The van der Waals surface area contributed by atoms with E-state index in [-0.39, 0.29) is 6.03 Å². The molecular formula is C19H24N4O. The fraction of sp³-hybridized carbons (Fsp3) is 0.211. The van der Waals surface area contributed by atoms with E-state index in [0.717, 1.165) is 16.7 Å². The maximum atomic E-state index is 12.3. The van der Waals surface area contributed by atoms with Crippen molar-refractivity contribution >= 4 is 28.7 Å². The first-order chi connectivity index (χ1) is 11.2. The van der Waals surface area contributed by atoms with Gasteiger partial charge in [0.25, 0.3) is 0 Å². The molecule has 5 heteroatoms. The Balaban J connectivity index is 2.13. The van der Waals surface area contributed by atoms with Gasteiger partial charge in [-0.25, -0.2) is 4.79 Å². The van der Waals surface area contributed by atoms with Crippen molar-refractivity contribution in [1.29, 1.82) is 0 Å². The summed E-state index contributed by atoms with van der Waals surface area (Å²) in [6.45, 7) is 9.81. The maximum Gasteiger partial charge on any atom is 0.319 e. The van der Waals surface area contributed by atoms with Gasteiger partial charge in [-0.2, -0.15) is 0 Å². The molecule has 2 rings (SSSR count). The molecule has 0 aromatic heterocycles. The lowest BCUT2D eigenvalue weighted by Crippen LogP contribution is -2.43. The second-order valence-electron chi connectivity index (χ2n) is 6.41. The van der Waals surface area contributed by atoms with Crippen molar-refractivity contribution in [2.45, 2.75) is 26.3 Å². The number of nitrogens with one attached hydrogen (secondary N) is 2. The quantitative estimate of drug-likeness (QED) is 0.642. The van der Waals surface area contributed by atoms with Crippen LogP contribution in [-0.2, 0) is 5.54 Å². The van der Waals surface area contributed by atoms with Crippen molar-refractivity contribution in [3.8, 4) is 0 Å². The standard InChI is InChI=1S/C19H24N4O/c1-12(2)13-6-5-7-14(10-13)19(3,4)23-18(24)22-15-8-9-16(20)17(21)11-15/h5-11H,1,20-21H2,2-4H3,(H2,22,23,24). The molecule has 0 bridgehead atoms. The molecule has 0 saturated carbocycles. The Bertz CT molecular complexity index is 781. The molecule has 0 saturated heterocycles. The van der Waals surface area contributed by atoms with E-state index in [9.17, 15) is 4.79 Å². The number of allylic oxidation sites excluding steroid dienone is 1. The lowest BCUT2D eigenvalue weighted by Gasteiger charge is -2.27. The van der Waals surface area contributed by atoms with Gasteiger partial charge >= 0.3 is 6.03 Å². The molecule has 6 N–H and O–H groups in total. The van der Waals surface area contributed by atoms with Crippen LogP contribution in [0.1, 0.15) is 31.9 Å². The van der Waals surface area contributed by atoms with Crippen LogP contribution in [0.3, 0.4) is 0 Å². The minimum absolute atomic E-state index is 0.315. The predicted molar refractivity (Wildman–Crippen MR) is 102 cm³/mol. The number of carbonyl (C=O) groups excluding carboxylic acids is 1. The molecule has 0 spiro atoms. The molecular weight excluding hydrogens is 300 g/mol. The van der Waals surface area contributed by atoms with Gasteiger partial charge in [0.15, 0.2) is 0 Å². The van der Waals surface area contributed by atoms with E-state index in [4.69, 9.17) is 11.5 Å². The molecule has 2 aromatic rings. The highest BCUT2D eigenvalue weighted by Crippen LogP contribution is 2.24. The smallest absolute Gasteiger partial charge is 0.319 e. The summed E-state index contributed by atoms with van der Waals surface area (Å²) in [5.41, 5.74) is 15.4. The minimum Gasteiger partial charge on any atom is -0.397 e. The first-order valence-corrected chi connectivity index (χ1v) is 7.69. The van der Waals surface area contributed by atoms with Gasteiger partial charge in [0.05, 0.1) is 16.9 Å². The van der Waals surface area contributed by atoms with Crippen LogP contribution in [0.5, 0.6) is 0 Å². The van der Waals surface area contributed by atoms with Gasteiger partial charge in [-0.15, -0.1) is 0 Å². The Morgan fingerprint density at radius 2 is 1.79 bits per heavy atom. The van der Waals surface area contributed by atoms with E-state index in [1.807, 2.05) is 45.0 Å². The van der Waals surface area contributed by atoms with E-state index in [1.54, 1.807) is 18.2 Å². The Labute approximate surface area is 142 Å². The van der Waals surface area contributed by atoms with Crippen molar-refractivity contribution in [1.82, 2.24) is 5.32 Å². The molecule has 126 valence electrons. The zero-order chi connectivity index (χ0) is 17.9. The number of hydrogen-bond acceptors (Lipinski definition) is 3. The average Bonchev–Trinajstić information content (AvgIpc) is 2.50. The minimum atomic E-state index is -0.547. The molecule has 0 radical (unpaired) electrons. The van der Waals surface area contributed by atoms with Gasteiger partial charge in [0, 0.05) is 5.69 Å². The van der Waals surface area contributed by atoms with Crippen LogP contribution in [0.25, 0.3) is 5.57 Å². The molecule has 0 aliphatic carbocycles. The lowest BCUT2D eigenvalue weighted by atomic mass is 9.92. The number of hydrogen-bond donors (Lipinski definition) is 4. The molecule has 0 aliphatic rings. The molecule has 0 fully saturated rings. The van der Waals surface area contributed by atoms with Gasteiger partial charge in [-0.1, -0.05) is 30.4 Å². The van der Waals surface area contributed by atoms with Crippen LogP contribution in [-0.4, -0.2) is 6.03 Å². The molecule has 0 aliphatic heterocycles. The Hall–Kier alpha value is -2.95. The van der Waals surface area contributed by atoms with Crippen LogP contribution >= 0.6 is 0 Å². The summed E-state index contributed by atoms with van der Waals surface area (Å²) in [4.78, 5) is 12.3. The summed E-state index contributed by atoms with van der Waals surface area (Å²) in [6.07, 6.45) is 0. The summed E-state index contributed by atoms with van der Waals surface area (Å²) in [5, 5.41) is 5.74. The molecule has 5 nitrogen and oxygen atoms in total. The third-order valence-corrected chi connectivity index (χ3v) is 3.85. The summed E-state index contributed by atoms with van der Waals surface area (Å²) >= 11 is 0. The van der Waals surface area contributed by atoms with Gasteiger partial charge < -0.3 is 22.1 Å². The van der Waals surface area contributed by atoms with E-state index in [0.29, 0.717) is 17.1 Å². The van der Waals surface area contributed by atoms with Crippen molar-refractivity contribution in [2.75, 3.05) is 16.8 Å². The van der Waals surface area contributed by atoms with Crippen LogP contribution in [0.2, 0.25) is 0 Å². The largest absolute Gasteiger partial charge is 0.397 e. The van der Waals surface area contributed by atoms with Crippen molar-refractivity contribution < 1.29 is 4.79 Å². The van der Waals surface area contributed by atoms with Crippen molar-refractivity contribution in [2.24, 2.45) is 0 Å². The van der Waals surface area contributed by atoms with Crippen molar-refractivity contribution in [3.05, 3.63) is 60.2 Å². The number of nitrogens with two attached hydrogens (primary N) is 2. The van der Waals surface area contributed by atoms with Crippen molar-refractivity contribution in [3.63, 3.8) is 0 Å². The fourth-order valence-electron chi connectivity index (χ4n) is 2.34. The third-order valence-electron chi connectivity index (χ3n) is 3.85. The number of carbonyl (C=O) groups is 1. The van der Waals surface area contributed by atoms with Crippen LogP contribution in [0.15, 0.2) is 49.0 Å². The Morgan fingerprint density at radius 1 is 1.08 bits per heavy atom. The Morgan fingerprint density at radius 3 is 2.42 bits per heavy atom. The summed E-state index contributed by atoms with van der Waals surface area (Å²) < 4.78 is 0. The average molecular weight is 324 g/mol. The molecule has 2 aromatic carbocycles. The monoisotopic (exact) mass is 324 g/mol. The number of nitrogen functional groups attached to an aromatic ring is 2. The zero-order valence-corrected chi connectivity index (χ0v) is 14.3. The highest BCUT2D eigenvalue weighted by atomic mass is 16.2. The van der Waals surface area contributed by atoms with E-state index in [2.05, 4.69) is 17.2 Å². The summed E-state index contributed by atoms with van der Waals surface area (Å²) in [5.74, 6) is 0. The normalized spacial score (nSPS) is 11.0. The Kier molecular flexibility index (Phi) is 4.83. The fourth-order valence-corrected chi connectivity index (χ4v) is 2.34. The molecule has 0 atom stereocenters. The topological polar surface area (TPSA) is 93.2 Å². The third kappa shape index (κ3) is 4.07. The van der Waals surface area contributed by atoms with Gasteiger partial charge in [0.2, 0.25) is 0 Å². The summed E-state index contributed by atoms with van der Waals surface area (Å²) in [6, 6.07) is 12.7. The predicted octanol–water partition coefficient (Wildman–Crippen LogP) is 3.94. The summed E-state index contributed by atoms with van der Waals surface area (Å²) in [7, 11) is 0. The first kappa shape index (κ1) is 17.4. The zero-order valence-electron chi connectivity index (χ0n) is 14.3. The SMILES string of the molecule is C=C(C)c1cccc(C(C)(C)NC(=O)Nc2ccc(N)c(N)c2)c1. The lowest BCUT2D eigenvalue weighted by molar-refractivity contribution is 0.242. The number of urea groups is 1. The van der Waals surface area contributed by atoms with Crippen LogP contribution < -0.4 is 22.1 Å². The van der Waals surface area contributed by atoms with Gasteiger partial charge in [-0.05, 0) is 56.2 Å². The van der Waals surface area contributed by atoms with Crippen LogP contribution in [0, 0.1) is 0 Å². The molecule has 0 heterocycles. The van der Waals surface area contributed by atoms with Crippen LogP contribution in [0.4, 0.5) is 21.9 Å². The van der Waals surface area contributed by atoms with E-state index in [1.165, 1.54) is 0 Å². The number of amides is 2. The molecule has 24 heavy (non-hydrogen) atoms. The number of benzene rings is 2. The number of anilines is 3. The second-order valence-corrected chi connectivity index (χ2v) is 6.41. The highest BCUT2D eigenvalue weighted by molar-refractivity contribution is 5.91. The maximum absolute atomic E-state index is 12.3.